The van der Waals surface area contributed by atoms with E-state index in [2.05, 4.69) is 24.8 Å². The Morgan fingerprint density at radius 1 is 1.04 bits per heavy atom. The van der Waals surface area contributed by atoms with Crippen molar-refractivity contribution < 1.29 is 4.39 Å². The Kier molecular flexibility index (Phi) is 3.37. The minimum absolute atomic E-state index is 0.162. The number of rotatable bonds is 2. The van der Waals surface area contributed by atoms with E-state index in [4.69, 9.17) is 0 Å². The number of benzene rings is 1. The minimum atomic E-state index is -0.162. The lowest BCUT2D eigenvalue weighted by Gasteiger charge is -2.36. The molecule has 1 saturated heterocycles. The van der Waals surface area contributed by atoms with Gasteiger partial charge in [0.15, 0.2) is 5.82 Å². The summed E-state index contributed by atoms with van der Waals surface area (Å²) < 4.78 is 13.9. The maximum atomic E-state index is 13.9. The maximum Gasteiger partial charge on any atom is 0.156 e. The van der Waals surface area contributed by atoms with Gasteiger partial charge in [-0.05, 0) is 25.1 Å². The van der Waals surface area contributed by atoms with Crippen LogP contribution >= 0.6 is 0 Å². The first-order valence-electron chi connectivity index (χ1n) is 7.77. The second kappa shape index (κ2) is 5.53. The lowest BCUT2D eigenvalue weighted by molar-refractivity contribution is 0.596. The lowest BCUT2D eigenvalue weighted by atomic mass is 10.2. The Morgan fingerprint density at radius 2 is 1.78 bits per heavy atom. The summed E-state index contributed by atoms with van der Waals surface area (Å²) in [6.07, 6.45) is 1.61. The minimum Gasteiger partial charge on any atom is -0.366 e. The standard InChI is InChI=1S/C17H18FN5/c1-12-10-14-16(21-12)17(20-11-19-14)23-8-6-22(7-9-23)15-5-3-2-4-13(15)18/h2-5,10-11,21H,6-9H2,1H3. The summed E-state index contributed by atoms with van der Waals surface area (Å²) in [7, 11) is 0. The third-order valence-electron chi connectivity index (χ3n) is 4.30. The zero-order chi connectivity index (χ0) is 15.8. The Morgan fingerprint density at radius 3 is 2.57 bits per heavy atom. The maximum absolute atomic E-state index is 13.9. The molecule has 0 radical (unpaired) electrons. The fraction of sp³-hybridized carbons (Fsp3) is 0.294. The summed E-state index contributed by atoms with van der Waals surface area (Å²) in [5.74, 6) is 0.765. The SMILES string of the molecule is Cc1cc2ncnc(N3CCN(c4ccccc4F)CC3)c2[nH]1. The quantitative estimate of drug-likeness (QED) is 0.790. The van der Waals surface area contributed by atoms with Crippen LogP contribution in [-0.2, 0) is 0 Å². The number of anilines is 2. The van der Waals surface area contributed by atoms with Gasteiger partial charge in [-0.2, -0.15) is 0 Å². The second-order valence-corrected chi connectivity index (χ2v) is 5.84. The predicted octanol–water partition coefficient (Wildman–Crippen LogP) is 2.73. The molecule has 2 aromatic heterocycles. The van der Waals surface area contributed by atoms with E-state index in [1.54, 1.807) is 12.4 Å². The van der Waals surface area contributed by atoms with E-state index in [0.717, 1.165) is 48.7 Å². The summed E-state index contributed by atoms with van der Waals surface area (Å²) in [4.78, 5) is 16.4. The van der Waals surface area contributed by atoms with E-state index in [9.17, 15) is 4.39 Å². The number of hydrogen-bond acceptors (Lipinski definition) is 4. The number of H-pyrrole nitrogens is 1. The number of piperazine rings is 1. The smallest absolute Gasteiger partial charge is 0.156 e. The van der Waals surface area contributed by atoms with Gasteiger partial charge in [-0.25, -0.2) is 14.4 Å². The molecular weight excluding hydrogens is 293 g/mol. The number of fused-ring (bicyclic) bond motifs is 1. The van der Waals surface area contributed by atoms with Gasteiger partial charge in [0.05, 0.1) is 11.2 Å². The number of halogens is 1. The highest BCUT2D eigenvalue weighted by Crippen LogP contribution is 2.26. The summed E-state index contributed by atoms with van der Waals surface area (Å²) in [6.45, 7) is 5.16. The number of aromatic nitrogens is 3. The highest BCUT2D eigenvalue weighted by Gasteiger charge is 2.22. The average molecular weight is 311 g/mol. The molecule has 0 aliphatic carbocycles. The molecule has 1 fully saturated rings. The van der Waals surface area contributed by atoms with Crippen LogP contribution in [0.1, 0.15) is 5.69 Å². The Labute approximate surface area is 133 Å². The molecule has 0 unspecified atom stereocenters. The second-order valence-electron chi connectivity index (χ2n) is 5.84. The molecule has 0 atom stereocenters. The molecule has 3 heterocycles. The van der Waals surface area contributed by atoms with E-state index in [-0.39, 0.29) is 5.82 Å². The van der Waals surface area contributed by atoms with Gasteiger partial charge in [0.1, 0.15) is 17.7 Å². The average Bonchev–Trinajstić information content (AvgIpc) is 2.96. The third kappa shape index (κ3) is 2.50. The highest BCUT2D eigenvalue weighted by atomic mass is 19.1. The van der Waals surface area contributed by atoms with Crippen molar-refractivity contribution in [2.24, 2.45) is 0 Å². The molecule has 0 spiro atoms. The molecule has 1 aliphatic heterocycles. The van der Waals surface area contributed by atoms with Crippen molar-refractivity contribution >= 4 is 22.5 Å². The fourth-order valence-electron chi connectivity index (χ4n) is 3.16. The van der Waals surface area contributed by atoms with Crippen molar-refractivity contribution in [3.63, 3.8) is 0 Å². The van der Waals surface area contributed by atoms with E-state index in [1.165, 1.54) is 6.07 Å². The molecule has 23 heavy (non-hydrogen) atoms. The highest BCUT2D eigenvalue weighted by molar-refractivity contribution is 5.86. The number of nitrogens with one attached hydrogen (secondary N) is 1. The van der Waals surface area contributed by atoms with Crippen molar-refractivity contribution in [3.8, 4) is 0 Å². The molecule has 6 heteroatoms. The summed E-state index contributed by atoms with van der Waals surface area (Å²) >= 11 is 0. The number of aromatic amines is 1. The normalized spacial score (nSPS) is 15.4. The van der Waals surface area contributed by atoms with Crippen LogP contribution in [0.3, 0.4) is 0 Å². The predicted molar refractivity (Wildman–Crippen MR) is 89.5 cm³/mol. The first-order chi connectivity index (χ1) is 11.2. The molecule has 4 rings (SSSR count). The van der Waals surface area contributed by atoms with Gasteiger partial charge in [0.25, 0.3) is 0 Å². The van der Waals surface area contributed by atoms with Crippen molar-refractivity contribution in [2.75, 3.05) is 36.0 Å². The lowest BCUT2D eigenvalue weighted by Crippen LogP contribution is -2.47. The van der Waals surface area contributed by atoms with E-state index in [1.807, 2.05) is 25.1 Å². The number of para-hydroxylation sites is 1. The van der Waals surface area contributed by atoms with Crippen LogP contribution in [0.2, 0.25) is 0 Å². The molecule has 0 amide bonds. The van der Waals surface area contributed by atoms with E-state index in [0.29, 0.717) is 5.69 Å². The summed E-state index contributed by atoms with van der Waals surface area (Å²) in [5, 5.41) is 0. The van der Waals surface area contributed by atoms with E-state index >= 15 is 0 Å². The van der Waals surface area contributed by atoms with Gasteiger partial charge in [-0.15, -0.1) is 0 Å². The van der Waals surface area contributed by atoms with E-state index < -0.39 is 0 Å². The first kappa shape index (κ1) is 14.0. The van der Waals surface area contributed by atoms with Crippen molar-refractivity contribution in [1.29, 1.82) is 0 Å². The zero-order valence-electron chi connectivity index (χ0n) is 13.0. The van der Waals surface area contributed by atoms with Crippen molar-refractivity contribution in [2.45, 2.75) is 6.92 Å². The van der Waals surface area contributed by atoms with Gasteiger partial charge < -0.3 is 14.8 Å². The largest absolute Gasteiger partial charge is 0.366 e. The van der Waals surface area contributed by atoms with Crippen LogP contribution in [0, 0.1) is 12.7 Å². The molecule has 0 bridgehead atoms. The third-order valence-corrected chi connectivity index (χ3v) is 4.30. The molecular formula is C17H18FN5. The Balaban J connectivity index is 1.56. The topological polar surface area (TPSA) is 48.1 Å². The zero-order valence-corrected chi connectivity index (χ0v) is 13.0. The molecule has 5 nitrogen and oxygen atoms in total. The molecule has 1 aliphatic rings. The summed E-state index contributed by atoms with van der Waals surface area (Å²) in [6, 6.07) is 8.97. The Hall–Kier alpha value is -2.63. The summed E-state index contributed by atoms with van der Waals surface area (Å²) in [5.41, 5.74) is 3.66. The monoisotopic (exact) mass is 311 g/mol. The van der Waals surface area contributed by atoms with Crippen molar-refractivity contribution in [3.05, 3.63) is 48.2 Å². The molecule has 0 saturated carbocycles. The van der Waals surface area contributed by atoms with Crippen LogP contribution < -0.4 is 9.80 Å². The van der Waals surface area contributed by atoms with Crippen LogP contribution in [0.15, 0.2) is 36.7 Å². The van der Waals surface area contributed by atoms with Gasteiger partial charge in [0.2, 0.25) is 0 Å². The van der Waals surface area contributed by atoms with Crippen molar-refractivity contribution in [1.82, 2.24) is 15.0 Å². The van der Waals surface area contributed by atoms with Crippen LogP contribution in [0.5, 0.6) is 0 Å². The first-order valence-corrected chi connectivity index (χ1v) is 7.77. The van der Waals surface area contributed by atoms with Crippen LogP contribution in [0.4, 0.5) is 15.9 Å². The van der Waals surface area contributed by atoms with Crippen LogP contribution in [-0.4, -0.2) is 41.1 Å². The van der Waals surface area contributed by atoms with Gasteiger partial charge >= 0.3 is 0 Å². The fourth-order valence-corrected chi connectivity index (χ4v) is 3.16. The number of aryl methyl sites for hydroxylation is 1. The molecule has 1 N–H and O–H groups in total. The van der Waals surface area contributed by atoms with Gasteiger partial charge in [-0.3, -0.25) is 0 Å². The van der Waals surface area contributed by atoms with Gasteiger partial charge in [0, 0.05) is 31.9 Å². The molecule has 118 valence electrons. The molecule has 3 aromatic rings. The number of nitrogens with zero attached hydrogens (tertiary/aromatic N) is 4. The van der Waals surface area contributed by atoms with Gasteiger partial charge in [-0.1, -0.05) is 12.1 Å². The Bertz CT molecular complexity index is 836. The van der Waals surface area contributed by atoms with Crippen LogP contribution in [0.25, 0.3) is 11.0 Å². The molecule has 1 aromatic carbocycles. The number of hydrogen-bond donors (Lipinski definition) is 1.